The van der Waals surface area contributed by atoms with Gasteiger partial charge in [0.2, 0.25) is 0 Å². The number of aromatic nitrogens is 2. The maximum absolute atomic E-state index is 11.4. The van der Waals surface area contributed by atoms with Crippen molar-refractivity contribution in [3.8, 4) is 0 Å². The molecule has 90 valence electrons. The smallest absolute Gasteiger partial charge is 0.323 e. The molecule has 1 atom stereocenters. The van der Waals surface area contributed by atoms with Crippen LogP contribution in [0.2, 0.25) is 0 Å². The Morgan fingerprint density at radius 3 is 2.81 bits per heavy atom. The van der Waals surface area contributed by atoms with Crippen molar-refractivity contribution in [2.75, 3.05) is 7.11 Å². The van der Waals surface area contributed by atoms with Crippen molar-refractivity contribution in [2.24, 2.45) is 11.1 Å². The summed E-state index contributed by atoms with van der Waals surface area (Å²) in [4.78, 5) is 11.4. The van der Waals surface area contributed by atoms with Gasteiger partial charge in [0.25, 0.3) is 0 Å². The number of nitrogens with two attached hydrogens (primary N) is 1. The zero-order valence-corrected chi connectivity index (χ0v) is 10.0. The van der Waals surface area contributed by atoms with E-state index < -0.39 is 6.04 Å². The molecule has 0 radical (unpaired) electrons. The number of carbonyl (C=O) groups is 1. The van der Waals surface area contributed by atoms with Gasteiger partial charge in [-0.3, -0.25) is 9.48 Å². The molecule has 0 aliphatic heterocycles. The number of hydrogen-bond donors (Lipinski definition) is 1. The van der Waals surface area contributed by atoms with Gasteiger partial charge in [0.1, 0.15) is 6.04 Å². The Bertz CT molecular complexity index is 333. The van der Waals surface area contributed by atoms with Crippen molar-refractivity contribution in [1.82, 2.24) is 9.78 Å². The van der Waals surface area contributed by atoms with E-state index in [1.165, 1.54) is 7.11 Å². The zero-order chi connectivity index (χ0) is 12.2. The minimum absolute atomic E-state index is 0.307. The fourth-order valence-electron chi connectivity index (χ4n) is 1.44. The molecule has 1 rings (SSSR count). The van der Waals surface area contributed by atoms with E-state index in [9.17, 15) is 4.79 Å². The van der Waals surface area contributed by atoms with E-state index >= 15 is 0 Å². The molecule has 16 heavy (non-hydrogen) atoms. The van der Waals surface area contributed by atoms with Crippen LogP contribution in [0.25, 0.3) is 0 Å². The lowest BCUT2D eigenvalue weighted by Gasteiger charge is -2.29. The van der Waals surface area contributed by atoms with Crippen LogP contribution < -0.4 is 5.73 Å². The molecular formula is C11H19N3O2. The molecule has 0 spiro atoms. The van der Waals surface area contributed by atoms with Crippen molar-refractivity contribution in [3.05, 3.63) is 18.5 Å². The number of esters is 1. The number of nitrogens with zero attached hydrogens (tertiary/aromatic N) is 2. The molecular weight excluding hydrogens is 206 g/mol. The van der Waals surface area contributed by atoms with E-state index in [-0.39, 0.29) is 11.4 Å². The quantitative estimate of drug-likeness (QED) is 0.752. The maximum Gasteiger partial charge on any atom is 0.323 e. The van der Waals surface area contributed by atoms with Crippen molar-refractivity contribution in [3.63, 3.8) is 0 Å². The number of aryl methyl sites for hydroxylation is 1. The monoisotopic (exact) mass is 225 g/mol. The Balaban J connectivity index is 2.54. The summed E-state index contributed by atoms with van der Waals surface area (Å²) in [7, 11) is 1.35. The van der Waals surface area contributed by atoms with Gasteiger partial charge in [-0.1, -0.05) is 13.8 Å². The van der Waals surface area contributed by atoms with Crippen LogP contribution >= 0.6 is 0 Å². The van der Waals surface area contributed by atoms with Crippen LogP contribution in [-0.4, -0.2) is 28.9 Å². The van der Waals surface area contributed by atoms with Gasteiger partial charge in [-0.15, -0.1) is 0 Å². The summed E-state index contributed by atoms with van der Waals surface area (Å²) in [6.45, 7) is 4.65. The second-order valence-corrected chi connectivity index (χ2v) is 4.51. The number of ether oxygens (including phenoxy) is 1. The van der Waals surface area contributed by atoms with Gasteiger partial charge in [0.15, 0.2) is 0 Å². The highest BCUT2D eigenvalue weighted by atomic mass is 16.5. The standard InChI is InChI=1S/C11H19N3O2/c1-11(2,9(12)10(15)16-3)5-8-14-7-4-6-13-14/h4,6-7,9H,5,8,12H2,1-3H3. The third-order valence-electron chi connectivity index (χ3n) is 2.84. The number of hydrogen-bond acceptors (Lipinski definition) is 4. The highest BCUT2D eigenvalue weighted by Gasteiger charge is 2.32. The lowest BCUT2D eigenvalue weighted by molar-refractivity contribution is -0.145. The molecule has 0 saturated heterocycles. The van der Waals surface area contributed by atoms with Gasteiger partial charge in [-0.25, -0.2) is 0 Å². The van der Waals surface area contributed by atoms with Crippen molar-refractivity contribution >= 4 is 5.97 Å². The zero-order valence-electron chi connectivity index (χ0n) is 10.0. The Morgan fingerprint density at radius 2 is 2.31 bits per heavy atom. The first kappa shape index (κ1) is 12.7. The van der Waals surface area contributed by atoms with E-state index in [0.29, 0.717) is 0 Å². The topological polar surface area (TPSA) is 70.1 Å². The average molecular weight is 225 g/mol. The number of rotatable bonds is 5. The molecule has 1 heterocycles. The number of methoxy groups -OCH3 is 1. The van der Waals surface area contributed by atoms with Crippen LogP contribution in [0.15, 0.2) is 18.5 Å². The lowest BCUT2D eigenvalue weighted by Crippen LogP contribution is -2.45. The Hall–Kier alpha value is -1.36. The van der Waals surface area contributed by atoms with Crippen LogP contribution in [0.4, 0.5) is 0 Å². The third kappa shape index (κ3) is 3.06. The van der Waals surface area contributed by atoms with E-state index in [2.05, 4.69) is 9.84 Å². The van der Waals surface area contributed by atoms with Gasteiger partial charge in [-0.2, -0.15) is 5.10 Å². The molecule has 0 aliphatic carbocycles. The summed E-state index contributed by atoms with van der Waals surface area (Å²) in [5, 5.41) is 4.10. The molecule has 5 nitrogen and oxygen atoms in total. The SMILES string of the molecule is COC(=O)C(N)C(C)(C)CCn1cccn1. The molecule has 2 N–H and O–H groups in total. The second kappa shape index (κ2) is 5.12. The summed E-state index contributed by atoms with van der Waals surface area (Å²) < 4.78 is 6.47. The molecule has 1 aromatic heterocycles. The summed E-state index contributed by atoms with van der Waals surface area (Å²) >= 11 is 0. The van der Waals surface area contributed by atoms with Crippen LogP contribution in [0.1, 0.15) is 20.3 Å². The Morgan fingerprint density at radius 1 is 1.62 bits per heavy atom. The third-order valence-corrected chi connectivity index (χ3v) is 2.84. The van der Waals surface area contributed by atoms with Crippen LogP contribution in [-0.2, 0) is 16.1 Å². The Kier molecular flexibility index (Phi) is 4.06. The van der Waals surface area contributed by atoms with Gasteiger partial charge in [-0.05, 0) is 17.9 Å². The summed E-state index contributed by atoms with van der Waals surface area (Å²) in [5.74, 6) is -0.370. The predicted octanol–water partition coefficient (Wildman–Crippen LogP) is 0.800. The van der Waals surface area contributed by atoms with Gasteiger partial charge in [0, 0.05) is 18.9 Å². The minimum Gasteiger partial charge on any atom is -0.468 e. The first-order valence-corrected chi connectivity index (χ1v) is 5.28. The van der Waals surface area contributed by atoms with Crippen LogP contribution in [0.3, 0.4) is 0 Å². The summed E-state index contributed by atoms with van der Waals surface area (Å²) in [6, 6.07) is 1.26. The molecule has 0 aromatic carbocycles. The molecule has 5 heteroatoms. The van der Waals surface area contributed by atoms with Crippen LogP contribution in [0.5, 0.6) is 0 Å². The first-order valence-electron chi connectivity index (χ1n) is 5.28. The molecule has 0 aliphatic rings. The largest absolute Gasteiger partial charge is 0.468 e. The minimum atomic E-state index is -0.604. The average Bonchev–Trinajstić information content (AvgIpc) is 2.77. The molecule has 0 amide bonds. The summed E-state index contributed by atoms with van der Waals surface area (Å²) in [6.07, 6.45) is 4.39. The fraction of sp³-hybridized carbons (Fsp3) is 0.636. The van der Waals surface area contributed by atoms with Crippen molar-refractivity contribution in [1.29, 1.82) is 0 Å². The molecule has 0 bridgehead atoms. The van der Waals surface area contributed by atoms with Gasteiger partial charge >= 0.3 is 5.97 Å². The highest BCUT2D eigenvalue weighted by molar-refractivity contribution is 5.76. The van der Waals surface area contributed by atoms with Gasteiger partial charge < -0.3 is 10.5 Å². The van der Waals surface area contributed by atoms with Crippen molar-refractivity contribution in [2.45, 2.75) is 32.9 Å². The van der Waals surface area contributed by atoms with Gasteiger partial charge in [0.05, 0.1) is 7.11 Å². The van der Waals surface area contributed by atoms with E-state index in [4.69, 9.17) is 5.73 Å². The molecule has 0 saturated carbocycles. The predicted molar refractivity (Wildman–Crippen MR) is 60.6 cm³/mol. The normalized spacial score (nSPS) is 13.5. The summed E-state index contributed by atoms with van der Waals surface area (Å²) in [5.41, 5.74) is 5.53. The first-order chi connectivity index (χ1) is 7.47. The second-order valence-electron chi connectivity index (χ2n) is 4.51. The van der Waals surface area contributed by atoms with E-state index in [1.807, 2.05) is 30.8 Å². The van der Waals surface area contributed by atoms with E-state index in [0.717, 1.165) is 13.0 Å². The van der Waals surface area contributed by atoms with Crippen LogP contribution in [0, 0.1) is 5.41 Å². The molecule has 1 aromatic rings. The molecule has 1 unspecified atom stereocenters. The lowest BCUT2D eigenvalue weighted by atomic mass is 9.81. The molecule has 0 fully saturated rings. The van der Waals surface area contributed by atoms with E-state index in [1.54, 1.807) is 6.20 Å². The van der Waals surface area contributed by atoms with Crippen molar-refractivity contribution < 1.29 is 9.53 Å². The maximum atomic E-state index is 11.4. The Labute approximate surface area is 95.6 Å². The number of carbonyl (C=O) groups excluding carboxylic acids is 1. The fourth-order valence-corrected chi connectivity index (χ4v) is 1.44. The highest BCUT2D eigenvalue weighted by Crippen LogP contribution is 2.25.